The maximum absolute atomic E-state index is 13.1. The van der Waals surface area contributed by atoms with Gasteiger partial charge in [-0.3, -0.25) is 4.79 Å². The number of nitrogens with one attached hydrogen (secondary N) is 1. The van der Waals surface area contributed by atoms with Gasteiger partial charge >= 0.3 is 5.97 Å². The zero-order valence-electron chi connectivity index (χ0n) is 17.1. The number of carbonyl (C=O) groups is 2. The number of nitrogens with zero attached hydrogens (tertiary/aromatic N) is 3. The second-order valence-corrected chi connectivity index (χ2v) is 6.77. The van der Waals surface area contributed by atoms with E-state index in [2.05, 4.69) is 15.5 Å². The van der Waals surface area contributed by atoms with Gasteiger partial charge < -0.3 is 19.1 Å². The van der Waals surface area contributed by atoms with Crippen LogP contribution in [-0.2, 0) is 16.1 Å². The van der Waals surface area contributed by atoms with Gasteiger partial charge in [0.2, 0.25) is 11.7 Å². The van der Waals surface area contributed by atoms with E-state index in [1.54, 1.807) is 66.2 Å². The predicted molar refractivity (Wildman–Crippen MR) is 114 cm³/mol. The van der Waals surface area contributed by atoms with Gasteiger partial charge in [0, 0.05) is 11.8 Å². The first-order valence-corrected chi connectivity index (χ1v) is 9.86. The van der Waals surface area contributed by atoms with Crippen molar-refractivity contribution < 1.29 is 23.2 Å². The third-order valence-electron chi connectivity index (χ3n) is 4.59. The molecule has 1 amide bonds. The van der Waals surface area contributed by atoms with Gasteiger partial charge in [-0.15, -0.1) is 0 Å². The molecule has 0 bridgehead atoms. The first-order chi connectivity index (χ1) is 15.5. The van der Waals surface area contributed by atoms with Crippen LogP contribution in [0.2, 0.25) is 0 Å². The lowest BCUT2D eigenvalue weighted by Crippen LogP contribution is -2.20. The Kier molecular flexibility index (Phi) is 6.07. The van der Waals surface area contributed by atoms with E-state index in [9.17, 15) is 14.0 Å². The Morgan fingerprint density at radius 3 is 2.66 bits per heavy atom. The van der Waals surface area contributed by atoms with Crippen LogP contribution in [0.4, 0.5) is 10.1 Å². The number of halogens is 1. The van der Waals surface area contributed by atoms with Gasteiger partial charge in [0.1, 0.15) is 18.1 Å². The Morgan fingerprint density at radius 2 is 1.88 bits per heavy atom. The van der Waals surface area contributed by atoms with Gasteiger partial charge in [-0.25, -0.2) is 9.18 Å². The average molecular weight is 434 g/mol. The van der Waals surface area contributed by atoms with E-state index in [1.807, 2.05) is 0 Å². The number of amides is 1. The summed E-state index contributed by atoms with van der Waals surface area (Å²) in [6, 6.07) is 15.8. The highest BCUT2D eigenvalue weighted by Crippen LogP contribution is 2.23. The molecule has 0 aliphatic heterocycles. The van der Waals surface area contributed by atoms with Crippen LogP contribution >= 0.6 is 0 Å². The van der Waals surface area contributed by atoms with Crippen LogP contribution in [0.15, 0.2) is 71.4 Å². The quantitative estimate of drug-likeness (QED) is 0.439. The molecule has 0 saturated heterocycles. The smallest absolute Gasteiger partial charge is 0.340 e. The molecule has 0 radical (unpaired) electrons. The summed E-state index contributed by atoms with van der Waals surface area (Å²) in [5.41, 5.74) is 1.78. The van der Waals surface area contributed by atoms with Crippen LogP contribution in [0.1, 0.15) is 17.3 Å². The van der Waals surface area contributed by atoms with Crippen LogP contribution in [-0.4, -0.2) is 33.2 Å². The molecule has 2 heterocycles. The third kappa shape index (κ3) is 4.56. The highest BCUT2D eigenvalue weighted by atomic mass is 19.1. The first-order valence-electron chi connectivity index (χ1n) is 9.86. The Labute approximate surface area is 182 Å². The normalized spacial score (nSPS) is 10.7. The molecule has 0 aliphatic rings. The summed E-state index contributed by atoms with van der Waals surface area (Å²) in [4.78, 5) is 29.1. The average Bonchev–Trinajstić information content (AvgIpc) is 3.44. The molecule has 9 heteroatoms. The fourth-order valence-electron chi connectivity index (χ4n) is 3.11. The fraction of sp³-hybridized carbons (Fsp3) is 0.130. The molecular formula is C23H19FN4O4. The Morgan fingerprint density at radius 1 is 1.09 bits per heavy atom. The lowest BCUT2D eigenvalue weighted by Gasteiger charge is -2.11. The minimum atomic E-state index is -0.510. The Bertz CT molecular complexity index is 1250. The number of hydrogen-bond donors (Lipinski definition) is 1. The van der Waals surface area contributed by atoms with Crippen LogP contribution in [0, 0.1) is 5.82 Å². The summed E-state index contributed by atoms with van der Waals surface area (Å²) in [7, 11) is 0. The van der Waals surface area contributed by atoms with Crippen LogP contribution in [0.25, 0.3) is 23.0 Å². The third-order valence-corrected chi connectivity index (χ3v) is 4.59. The lowest BCUT2D eigenvalue weighted by molar-refractivity contribution is -0.116. The monoisotopic (exact) mass is 434 g/mol. The van der Waals surface area contributed by atoms with Gasteiger partial charge in [0.15, 0.2) is 0 Å². The molecule has 162 valence electrons. The maximum Gasteiger partial charge on any atom is 0.340 e. The number of ether oxygens (including phenoxy) is 1. The second-order valence-electron chi connectivity index (χ2n) is 6.77. The van der Waals surface area contributed by atoms with Crippen molar-refractivity contribution in [3.8, 4) is 23.0 Å². The van der Waals surface area contributed by atoms with Crippen molar-refractivity contribution in [2.75, 3.05) is 11.9 Å². The molecule has 0 unspecified atom stereocenters. The van der Waals surface area contributed by atoms with Gasteiger partial charge in [0.25, 0.3) is 5.89 Å². The van der Waals surface area contributed by atoms with Gasteiger partial charge in [0.05, 0.1) is 17.9 Å². The van der Waals surface area contributed by atoms with Gasteiger partial charge in [-0.1, -0.05) is 17.3 Å². The molecule has 4 aromatic rings. The number of anilines is 1. The van der Waals surface area contributed by atoms with Gasteiger partial charge in [-0.05, 0) is 55.5 Å². The molecule has 32 heavy (non-hydrogen) atoms. The largest absolute Gasteiger partial charge is 0.462 e. The zero-order chi connectivity index (χ0) is 22.5. The number of aromatic nitrogens is 3. The molecule has 1 N–H and O–H groups in total. The Balaban J connectivity index is 1.50. The molecule has 2 aromatic carbocycles. The fourth-order valence-corrected chi connectivity index (χ4v) is 3.11. The van der Waals surface area contributed by atoms with E-state index in [0.29, 0.717) is 22.8 Å². The van der Waals surface area contributed by atoms with E-state index in [-0.39, 0.29) is 36.3 Å². The van der Waals surface area contributed by atoms with Crippen LogP contribution in [0.3, 0.4) is 0 Å². The van der Waals surface area contributed by atoms with Crippen molar-refractivity contribution in [1.29, 1.82) is 0 Å². The first kappa shape index (κ1) is 21.0. The van der Waals surface area contributed by atoms with E-state index < -0.39 is 5.97 Å². The Hall–Kier alpha value is -4.27. The molecule has 0 spiro atoms. The number of carbonyl (C=O) groups excluding carboxylic acids is 2. The summed E-state index contributed by atoms with van der Waals surface area (Å²) in [5.74, 6) is -0.696. The van der Waals surface area contributed by atoms with Crippen molar-refractivity contribution in [3.63, 3.8) is 0 Å². The molecule has 2 aromatic heterocycles. The minimum Gasteiger partial charge on any atom is -0.462 e. The molecular weight excluding hydrogens is 415 g/mol. The van der Waals surface area contributed by atoms with Crippen molar-refractivity contribution in [2.24, 2.45) is 0 Å². The molecule has 0 atom stereocenters. The van der Waals surface area contributed by atoms with Crippen molar-refractivity contribution in [3.05, 3.63) is 78.2 Å². The highest BCUT2D eigenvalue weighted by Gasteiger charge is 2.17. The molecule has 8 nitrogen and oxygen atoms in total. The van der Waals surface area contributed by atoms with Crippen molar-refractivity contribution in [2.45, 2.75) is 13.5 Å². The molecule has 0 fully saturated rings. The highest BCUT2D eigenvalue weighted by molar-refractivity contribution is 6.01. The molecule has 0 saturated carbocycles. The van der Waals surface area contributed by atoms with Gasteiger partial charge in [-0.2, -0.15) is 4.98 Å². The SMILES string of the molecule is CCOC(=O)c1ccccc1NC(=O)Cn1cccc1-c1nc(-c2ccc(F)cc2)no1. The summed E-state index contributed by atoms with van der Waals surface area (Å²) in [5, 5.41) is 6.68. The number of rotatable bonds is 7. The molecule has 4 rings (SSSR count). The van der Waals surface area contributed by atoms with Crippen LogP contribution in [0.5, 0.6) is 0 Å². The number of para-hydroxylation sites is 1. The summed E-state index contributed by atoms with van der Waals surface area (Å²) in [6.45, 7) is 1.90. The second kappa shape index (κ2) is 9.25. The van der Waals surface area contributed by atoms with Crippen molar-refractivity contribution >= 4 is 17.6 Å². The topological polar surface area (TPSA) is 99.2 Å². The van der Waals surface area contributed by atoms with E-state index in [4.69, 9.17) is 9.26 Å². The number of benzene rings is 2. The van der Waals surface area contributed by atoms with Crippen molar-refractivity contribution in [1.82, 2.24) is 14.7 Å². The van der Waals surface area contributed by atoms with E-state index in [1.165, 1.54) is 12.1 Å². The summed E-state index contributed by atoms with van der Waals surface area (Å²) >= 11 is 0. The summed E-state index contributed by atoms with van der Waals surface area (Å²) in [6.07, 6.45) is 1.70. The molecule has 0 aliphatic carbocycles. The minimum absolute atomic E-state index is 0.0479. The standard InChI is InChI=1S/C23H19FN4O4/c1-2-31-23(30)17-6-3-4-7-18(17)25-20(29)14-28-13-5-8-19(28)22-26-21(27-32-22)15-9-11-16(24)12-10-15/h3-13H,2,14H2,1H3,(H,25,29). The summed E-state index contributed by atoms with van der Waals surface area (Å²) < 4.78 is 25.2. The van der Waals surface area contributed by atoms with E-state index >= 15 is 0 Å². The number of hydrogen-bond acceptors (Lipinski definition) is 6. The zero-order valence-corrected chi connectivity index (χ0v) is 17.1. The maximum atomic E-state index is 13.1. The predicted octanol–water partition coefficient (Wildman–Crippen LogP) is 4.16. The number of esters is 1. The van der Waals surface area contributed by atoms with E-state index in [0.717, 1.165) is 0 Å². The van der Waals surface area contributed by atoms with Crippen LogP contribution < -0.4 is 5.32 Å². The lowest BCUT2D eigenvalue weighted by atomic mass is 10.2.